The van der Waals surface area contributed by atoms with Crippen molar-refractivity contribution >= 4 is 11.8 Å². The molecular formula is C14H15N3O3. The lowest BCUT2D eigenvalue weighted by Gasteiger charge is -2.26. The van der Waals surface area contributed by atoms with Gasteiger partial charge in [-0.3, -0.25) is 9.59 Å². The minimum Gasteiger partial charge on any atom is -0.378 e. The lowest BCUT2D eigenvalue weighted by atomic mass is 10.1. The topological polar surface area (TPSA) is 82.4 Å². The second kappa shape index (κ2) is 6.68. The van der Waals surface area contributed by atoms with Gasteiger partial charge in [0.2, 0.25) is 5.91 Å². The van der Waals surface area contributed by atoms with E-state index in [9.17, 15) is 9.59 Å². The molecule has 1 aromatic carbocycles. The highest BCUT2D eigenvalue weighted by molar-refractivity contribution is 5.96. The summed E-state index contributed by atoms with van der Waals surface area (Å²) < 4.78 is 5.16. The molecule has 0 atom stereocenters. The molecule has 1 saturated heterocycles. The third kappa shape index (κ3) is 3.56. The zero-order valence-corrected chi connectivity index (χ0v) is 11.0. The van der Waals surface area contributed by atoms with Gasteiger partial charge in [0, 0.05) is 18.7 Å². The Labute approximate surface area is 116 Å². The van der Waals surface area contributed by atoms with Crippen LogP contribution in [0.1, 0.15) is 15.9 Å². The molecule has 0 unspecified atom stereocenters. The first-order chi connectivity index (χ1) is 9.70. The smallest absolute Gasteiger partial charge is 0.251 e. The van der Waals surface area contributed by atoms with Crippen molar-refractivity contribution in [3.8, 4) is 6.07 Å². The minimum atomic E-state index is -0.323. The van der Waals surface area contributed by atoms with Gasteiger partial charge in [0.05, 0.1) is 31.4 Å². The summed E-state index contributed by atoms with van der Waals surface area (Å²) in [7, 11) is 0. The molecule has 6 nitrogen and oxygen atoms in total. The van der Waals surface area contributed by atoms with E-state index >= 15 is 0 Å². The van der Waals surface area contributed by atoms with Gasteiger partial charge in [0.15, 0.2) is 0 Å². The number of nitrogens with one attached hydrogen (secondary N) is 1. The van der Waals surface area contributed by atoms with E-state index in [2.05, 4.69) is 5.32 Å². The van der Waals surface area contributed by atoms with E-state index < -0.39 is 0 Å². The van der Waals surface area contributed by atoms with Crippen molar-refractivity contribution in [3.63, 3.8) is 0 Å². The second-order valence-corrected chi connectivity index (χ2v) is 4.36. The van der Waals surface area contributed by atoms with Gasteiger partial charge in [0.1, 0.15) is 0 Å². The fourth-order valence-electron chi connectivity index (χ4n) is 1.88. The quantitative estimate of drug-likeness (QED) is 0.849. The second-order valence-electron chi connectivity index (χ2n) is 4.36. The number of hydrogen-bond donors (Lipinski definition) is 1. The summed E-state index contributed by atoms with van der Waals surface area (Å²) in [5, 5.41) is 11.3. The summed E-state index contributed by atoms with van der Waals surface area (Å²) in [6.45, 7) is 2.17. The first-order valence-electron chi connectivity index (χ1n) is 6.34. The van der Waals surface area contributed by atoms with Crippen LogP contribution in [0.2, 0.25) is 0 Å². The van der Waals surface area contributed by atoms with Crippen LogP contribution in [0.3, 0.4) is 0 Å². The monoisotopic (exact) mass is 273 g/mol. The number of morpholine rings is 1. The van der Waals surface area contributed by atoms with E-state index in [-0.39, 0.29) is 18.4 Å². The summed E-state index contributed by atoms with van der Waals surface area (Å²) in [4.78, 5) is 25.4. The molecule has 1 aliphatic heterocycles. The predicted molar refractivity (Wildman–Crippen MR) is 70.9 cm³/mol. The highest BCUT2D eigenvalue weighted by atomic mass is 16.5. The third-order valence-electron chi connectivity index (χ3n) is 3.04. The number of nitrogens with zero attached hydrogens (tertiary/aromatic N) is 2. The Morgan fingerprint density at radius 2 is 1.90 bits per heavy atom. The van der Waals surface area contributed by atoms with Crippen LogP contribution in [0, 0.1) is 11.3 Å². The van der Waals surface area contributed by atoms with Crippen LogP contribution in [0.15, 0.2) is 24.3 Å². The predicted octanol–water partition coefficient (Wildman–Crippen LogP) is 0.147. The highest BCUT2D eigenvalue weighted by Gasteiger charge is 2.17. The van der Waals surface area contributed by atoms with E-state index in [1.54, 1.807) is 29.2 Å². The number of rotatable bonds is 3. The maximum Gasteiger partial charge on any atom is 0.251 e. The van der Waals surface area contributed by atoms with E-state index in [4.69, 9.17) is 10.00 Å². The van der Waals surface area contributed by atoms with Crippen molar-refractivity contribution in [3.05, 3.63) is 35.4 Å². The van der Waals surface area contributed by atoms with Crippen LogP contribution >= 0.6 is 0 Å². The molecule has 0 aromatic heterocycles. The van der Waals surface area contributed by atoms with Crippen LogP contribution in [0.25, 0.3) is 0 Å². The fraction of sp³-hybridized carbons (Fsp3) is 0.357. The summed E-state index contributed by atoms with van der Waals surface area (Å²) in [6.07, 6.45) is 0. The van der Waals surface area contributed by atoms with Crippen LogP contribution in [0.4, 0.5) is 0 Å². The maximum absolute atomic E-state index is 11.8. The molecule has 0 aliphatic carbocycles. The number of carbonyl (C=O) groups is 2. The van der Waals surface area contributed by atoms with Crippen molar-refractivity contribution in [2.45, 2.75) is 0 Å². The minimum absolute atomic E-state index is 0.0289. The Morgan fingerprint density at radius 3 is 2.50 bits per heavy atom. The molecule has 20 heavy (non-hydrogen) atoms. The first-order valence-corrected chi connectivity index (χ1v) is 6.34. The van der Waals surface area contributed by atoms with Crippen molar-refractivity contribution in [2.24, 2.45) is 0 Å². The number of amides is 2. The maximum atomic E-state index is 11.8. The van der Waals surface area contributed by atoms with Gasteiger partial charge in [-0.15, -0.1) is 0 Å². The summed E-state index contributed by atoms with van der Waals surface area (Å²) >= 11 is 0. The fourth-order valence-corrected chi connectivity index (χ4v) is 1.88. The summed E-state index contributed by atoms with van der Waals surface area (Å²) in [5.41, 5.74) is 0.921. The number of carbonyl (C=O) groups excluding carboxylic acids is 2. The average Bonchev–Trinajstić information content (AvgIpc) is 2.53. The van der Waals surface area contributed by atoms with Gasteiger partial charge in [-0.25, -0.2) is 0 Å². The first kappa shape index (κ1) is 14.0. The third-order valence-corrected chi connectivity index (χ3v) is 3.04. The summed E-state index contributed by atoms with van der Waals surface area (Å²) in [6, 6.07) is 8.24. The van der Waals surface area contributed by atoms with E-state index in [0.29, 0.717) is 37.4 Å². The van der Waals surface area contributed by atoms with Gasteiger partial charge in [-0.1, -0.05) is 0 Å². The molecule has 1 aromatic rings. The number of ether oxygens (including phenoxy) is 1. The Kier molecular flexibility index (Phi) is 4.69. The Morgan fingerprint density at radius 1 is 1.25 bits per heavy atom. The molecule has 0 radical (unpaired) electrons. The molecule has 6 heteroatoms. The molecule has 1 N–H and O–H groups in total. The summed E-state index contributed by atoms with van der Waals surface area (Å²) in [5.74, 6) is -0.439. The van der Waals surface area contributed by atoms with E-state index in [1.165, 1.54) is 0 Å². The molecule has 1 heterocycles. The number of hydrogen-bond acceptors (Lipinski definition) is 4. The van der Waals surface area contributed by atoms with Gasteiger partial charge in [-0.2, -0.15) is 5.26 Å². The standard InChI is InChI=1S/C14H15N3O3/c15-9-11-1-3-12(4-2-11)14(19)16-10-13(18)17-5-7-20-8-6-17/h1-4H,5-8,10H2,(H,16,19). The average molecular weight is 273 g/mol. The molecule has 1 fully saturated rings. The molecule has 2 rings (SSSR count). The van der Waals surface area contributed by atoms with Crippen LogP contribution < -0.4 is 5.32 Å². The van der Waals surface area contributed by atoms with Crippen LogP contribution in [-0.2, 0) is 9.53 Å². The van der Waals surface area contributed by atoms with Gasteiger partial charge >= 0.3 is 0 Å². The van der Waals surface area contributed by atoms with Crippen molar-refractivity contribution < 1.29 is 14.3 Å². The van der Waals surface area contributed by atoms with E-state index in [1.807, 2.05) is 6.07 Å². The number of benzene rings is 1. The van der Waals surface area contributed by atoms with E-state index in [0.717, 1.165) is 0 Å². The zero-order valence-electron chi connectivity index (χ0n) is 11.0. The van der Waals surface area contributed by atoms with Gasteiger partial charge in [-0.05, 0) is 24.3 Å². The number of nitriles is 1. The molecule has 0 spiro atoms. The van der Waals surface area contributed by atoms with Crippen molar-refractivity contribution in [1.82, 2.24) is 10.2 Å². The Balaban J connectivity index is 1.84. The lowest BCUT2D eigenvalue weighted by Crippen LogP contribution is -2.45. The molecule has 0 saturated carbocycles. The molecule has 104 valence electrons. The van der Waals surface area contributed by atoms with Crippen LogP contribution in [-0.4, -0.2) is 49.6 Å². The Bertz CT molecular complexity index is 528. The van der Waals surface area contributed by atoms with Crippen LogP contribution in [0.5, 0.6) is 0 Å². The zero-order chi connectivity index (χ0) is 14.4. The normalized spacial score (nSPS) is 14.4. The molecule has 0 bridgehead atoms. The SMILES string of the molecule is N#Cc1ccc(C(=O)NCC(=O)N2CCOCC2)cc1. The molecular weight excluding hydrogens is 258 g/mol. The highest BCUT2D eigenvalue weighted by Crippen LogP contribution is 2.03. The molecule has 1 aliphatic rings. The molecule has 2 amide bonds. The van der Waals surface area contributed by atoms with Gasteiger partial charge in [0.25, 0.3) is 5.91 Å². The largest absolute Gasteiger partial charge is 0.378 e. The van der Waals surface area contributed by atoms with Crippen molar-refractivity contribution in [1.29, 1.82) is 5.26 Å². The van der Waals surface area contributed by atoms with Crippen molar-refractivity contribution in [2.75, 3.05) is 32.8 Å². The van der Waals surface area contributed by atoms with Gasteiger partial charge < -0.3 is 15.0 Å². The lowest BCUT2D eigenvalue weighted by molar-refractivity contribution is -0.134. The Hall–Kier alpha value is -2.39.